The first-order valence-electron chi connectivity index (χ1n) is 8.93. The van der Waals surface area contributed by atoms with Gasteiger partial charge in [0, 0.05) is 34.0 Å². The van der Waals surface area contributed by atoms with Crippen molar-refractivity contribution in [1.29, 1.82) is 0 Å². The normalized spacial score (nSPS) is 11.5. The van der Waals surface area contributed by atoms with Crippen molar-refractivity contribution < 1.29 is 4.39 Å². The Balaban J connectivity index is 1.62. The third-order valence-corrected chi connectivity index (χ3v) is 5.95. The second-order valence-electron chi connectivity index (χ2n) is 6.77. The zero-order chi connectivity index (χ0) is 19.3. The second-order valence-corrected chi connectivity index (χ2v) is 7.97. The lowest BCUT2D eigenvalue weighted by atomic mass is 10.0. The molecule has 3 heterocycles. The fourth-order valence-electron chi connectivity index (χ4n) is 3.67. The van der Waals surface area contributed by atoms with E-state index < -0.39 is 0 Å². The number of benzene rings is 2. The van der Waals surface area contributed by atoms with Gasteiger partial charge in [0.2, 0.25) is 0 Å². The van der Waals surface area contributed by atoms with E-state index in [9.17, 15) is 9.18 Å². The summed E-state index contributed by atoms with van der Waals surface area (Å²) in [7, 11) is 0. The van der Waals surface area contributed by atoms with Gasteiger partial charge in [0.25, 0.3) is 5.56 Å². The van der Waals surface area contributed by atoms with Crippen LogP contribution in [0, 0.1) is 12.7 Å². The van der Waals surface area contributed by atoms with E-state index in [2.05, 4.69) is 16.0 Å². The summed E-state index contributed by atoms with van der Waals surface area (Å²) in [6.45, 7) is 1.96. The summed E-state index contributed by atoms with van der Waals surface area (Å²) in [5, 5.41) is 1.69. The largest absolute Gasteiger partial charge is 0.361 e. The molecule has 138 valence electrons. The maximum absolute atomic E-state index is 13.3. The van der Waals surface area contributed by atoms with Gasteiger partial charge >= 0.3 is 0 Å². The van der Waals surface area contributed by atoms with Gasteiger partial charge < -0.3 is 9.97 Å². The molecule has 0 saturated carbocycles. The summed E-state index contributed by atoms with van der Waals surface area (Å²) >= 11 is 1.49. The van der Waals surface area contributed by atoms with Gasteiger partial charge in [-0.1, -0.05) is 30.3 Å². The molecule has 0 unspecified atom stereocenters. The fourth-order valence-corrected chi connectivity index (χ4v) is 4.73. The average molecular weight is 389 g/mol. The van der Waals surface area contributed by atoms with E-state index in [4.69, 9.17) is 4.98 Å². The quantitative estimate of drug-likeness (QED) is 0.447. The molecule has 2 N–H and O–H groups in total. The lowest BCUT2D eigenvalue weighted by Crippen LogP contribution is -2.11. The van der Waals surface area contributed by atoms with Gasteiger partial charge in [-0.25, -0.2) is 9.37 Å². The minimum absolute atomic E-state index is 0.163. The molecule has 0 spiro atoms. The number of halogens is 1. The van der Waals surface area contributed by atoms with Crippen LogP contribution in [-0.2, 0) is 6.42 Å². The Labute approximate surface area is 163 Å². The van der Waals surface area contributed by atoms with Gasteiger partial charge in [-0.3, -0.25) is 4.79 Å². The molecule has 3 aromatic heterocycles. The van der Waals surface area contributed by atoms with Gasteiger partial charge in [-0.05, 0) is 36.2 Å². The Morgan fingerprint density at radius 3 is 2.71 bits per heavy atom. The van der Waals surface area contributed by atoms with E-state index >= 15 is 0 Å². The van der Waals surface area contributed by atoms with Crippen molar-refractivity contribution in [2.45, 2.75) is 13.3 Å². The van der Waals surface area contributed by atoms with E-state index in [0.29, 0.717) is 22.5 Å². The molecule has 0 aliphatic rings. The number of nitrogens with zero attached hydrogens (tertiary/aromatic N) is 1. The van der Waals surface area contributed by atoms with E-state index in [1.807, 2.05) is 31.3 Å². The number of H-pyrrole nitrogens is 2. The second kappa shape index (κ2) is 6.42. The SMILES string of the molecule is Cc1sc2nc(Cc3c[nH]c4ccccc34)[nH]c(=O)c2c1-c1ccc(F)cc1. The number of para-hydroxylation sites is 1. The Bertz CT molecular complexity index is 1380. The van der Waals surface area contributed by atoms with Crippen LogP contribution < -0.4 is 5.56 Å². The van der Waals surface area contributed by atoms with E-state index in [0.717, 1.165) is 32.5 Å². The molecule has 2 aromatic carbocycles. The number of aromatic amines is 2. The minimum atomic E-state index is -0.297. The molecule has 5 aromatic rings. The van der Waals surface area contributed by atoms with Crippen LogP contribution in [0.3, 0.4) is 0 Å². The molecule has 0 bridgehead atoms. The standard InChI is InChI=1S/C22H16FN3OS/c1-12-19(13-6-8-15(23)9-7-13)20-21(27)25-18(26-22(20)28-12)10-14-11-24-17-5-3-2-4-16(14)17/h2-9,11,24H,10H2,1H3,(H,25,26,27). The molecule has 0 saturated heterocycles. The van der Waals surface area contributed by atoms with Crippen LogP contribution in [0.4, 0.5) is 4.39 Å². The Hall–Kier alpha value is -3.25. The maximum atomic E-state index is 13.3. The topological polar surface area (TPSA) is 61.5 Å². The molecule has 28 heavy (non-hydrogen) atoms. The fraction of sp³-hybridized carbons (Fsp3) is 0.0909. The zero-order valence-electron chi connectivity index (χ0n) is 15.0. The molecular weight excluding hydrogens is 373 g/mol. The number of thiophene rings is 1. The molecule has 0 amide bonds. The van der Waals surface area contributed by atoms with Crippen molar-refractivity contribution in [2.24, 2.45) is 0 Å². The smallest absolute Gasteiger partial charge is 0.260 e. The van der Waals surface area contributed by atoms with E-state index in [1.165, 1.54) is 23.5 Å². The molecular formula is C22H16FN3OS. The molecule has 0 fully saturated rings. The van der Waals surface area contributed by atoms with Crippen molar-refractivity contribution in [3.63, 3.8) is 0 Å². The summed E-state index contributed by atoms with van der Waals surface area (Å²) in [5.41, 5.74) is 3.63. The summed E-state index contributed by atoms with van der Waals surface area (Å²) in [5.74, 6) is 0.336. The predicted octanol–water partition coefficient (Wildman–Crippen LogP) is 5.17. The van der Waals surface area contributed by atoms with Crippen LogP contribution in [0.25, 0.3) is 32.2 Å². The predicted molar refractivity (Wildman–Crippen MR) is 111 cm³/mol. The van der Waals surface area contributed by atoms with Crippen molar-refractivity contribution in [3.05, 3.63) is 87.2 Å². The van der Waals surface area contributed by atoms with Crippen LogP contribution in [0.2, 0.25) is 0 Å². The van der Waals surface area contributed by atoms with E-state index in [1.54, 1.807) is 12.1 Å². The van der Waals surface area contributed by atoms with E-state index in [-0.39, 0.29) is 11.4 Å². The van der Waals surface area contributed by atoms with Crippen LogP contribution >= 0.6 is 11.3 Å². The number of hydrogen-bond acceptors (Lipinski definition) is 3. The van der Waals surface area contributed by atoms with Gasteiger partial charge in [0.1, 0.15) is 16.5 Å². The molecule has 0 aliphatic heterocycles. The number of fused-ring (bicyclic) bond motifs is 2. The first-order chi connectivity index (χ1) is 13.6. The lowest BCUT2D eigenvalue weighted by molar-refractivity contribution is 0.628. The van der Waals surface area contributed by atoms with Crippen molar-refractivity contribution in [3.8, 4) is 11.1 Å². The molecule has 5 rings (SSSR count). The van der Waals surface area contributed by atoms with Gasteiger partial charge in [0.15, 0.2) is 0 Å². The first-order valence-corrected chi connectivity index (χ1v) is 9.75. The van der Waals surface area contributed by atoms with Crippen LogP contribution in [-0.4, -0.2) is 15.0 Å². The number of hydrogen-bond donors (Lipinski definition) is 2. The average Bonchev–Trinajstić information content (AvgIpc) is 3.23. The van der Waals surface area contributed by atoms with Crippen LogP contribution in [0.15, 0.2) is 59.5 Å². The summed E-state index contributed by atoms with van der Waals surface area (Å²) in [4.78, 5) is 25.5. The molecule has 4 nitrogen and oxygen atoms in total. The highest BCUT2D eigenvalue weighted by Crippen LogP contribution is 2.35. The maximum Gasteiger partial charge on any atom is 0.260 e. The van der Waals surface area contributed by atoms with Crippen molar-refractivity contribution in [1.82, 2.24) is 15.0 Å². The van der Waals surface area contributed by atoms with Crippen LogP contribution in [0.5, 0.6) is 0 Å². The van der Waals surface area contributed by atoms with Crippen molar-refractivity contribution >= 4 is 32.5 Å². The first kappa shape index (κ1) is 16.9. The highest BCUT2D eigenvalue weighted by Gasteiger charge is 2.17. The minimum Gasteiger partial charge on any atom is -0.361 e. The van der Waals surface area contributed by atoms with Gasteiger partial charge in [-0.2, -0.15) is 0 Å². The third kappa shape index (κ3) is 2.73. The Morgan fingerprint density at radius 1 is 1.11 bits per heavy atom. The number of aromatic nitrogens is 3. The van der Waals surface area contributed by atoms with Gasteiger partial charge in [0.05, 0.1) is 5.39 Å². The molecule has 0 atom stereocenters. The Morgan fingerprint density at radius 2 is 1.89 bits per heavy atom. The molecule has 6 heteroatoms. The highest BCUT2D eigenvalue weighted by molar-refractivity contribution is 7.19. The highest BCUT2D eigenvalue weighted by atomic mass is 32.1. The number of nitrogens with one attached hydrogen (secondary N) is 2. The monoisotopic (exact) mass is 389 g/mol. The lowest BCUT2D eigenvalue weighted by Gasteiger charge is -2.03. The summed E-state index contributed by atoms with van der Waals surface area (Å²) in [6.07, 6.45) is 2.50. The summed E-state index contributed by atoms with van der Waals surface area (Å²) in [6, 6.07) is 14.3. The number of rotatable bonds is 3. The molecule has 0 aliphatic carbocycles. The van der Waals surface area contributed by atoms with Crippen LogP contribution in [0.1, 0.15) is 16.3 Å². The third-order valence-electron chi connectivity index (χ3n) is 4.95. The zero-order valence-corrected chi connectivity index (χ0v) is 15.9. The Kier molecular flexibility index (Phi) is 3.87. The number of aryl methyl sites for hydroxylation is 1. The van der Waals surface area contributed by atoms with Gasteiger partial charge in [-0.15, -0.1) is 11.3 Å². The molecule has 0 radical (unpaired) electrons. The summed E-state index contributed by atoms with van der Waals surface area (Å²) < 4.78 is 13.3. The van der Waals surface area contributed by atoms with Crippen molar-refractivity contribution in [2.75, 3.05) is 0 Å².